The minimum atomic E-state index is -0.530. The lowest BCUT2D eigenvalue weighted by atomic mass is 10.1. The van der Waals surface area contributed by atoms with Crippen molar-refractivity contribution in [2.75, 3.05) is 26.2 Å². The standard InChI is InChI=1S/C19H19FN2O3/c20-17-9-5-4-8-16(17)18(23)21-10-12-22(13-11-21)19(24)25-14-15-6-2-1-3-7-15/h1-9H,10-14H2. The third kappa shape index (κ3) is 4.15. The van der Waals surface area contributed by atoms with Gasteiger partial charge in [-0.1, -0.05) is 42.5 Å². The monoisotopic (exact) mass is 342 g/mol. The van der Waals surface area contributed by atoms with Crippen molar-refractivity contribution in [1.29, 1.82) is 0 Å². The van der Waals surface area contributed by atoms with Gasteiger partial charge in [0.1, 0.15) is 12.4 Å². The van der Waals surface area contributed by atoms with E-state index in [0.29, 0.717) is 26.2 Å². The van der Waals surface area contributed by atoms with Crippen LogP contribution in [-0.2, 0) is 11.3 Å². The van der Waals surface area contributed by atoms with Crippen LogP contribution in [0.3, 0.4) is 0 Å². The molecule has 0 bridgehead atoms. The van der Waals surface area contributed by atoms with E-state index in [1.165, 1.54) is 12.1 Å². The zero-order valence-electron chi connectivity index (χ0n) is 13.7. The first kappa shape index (κ1) is 17.0. The molecule has 3 rings (SSSR count). The Bertz CT molecular complexity index is 743. The number of carbonyl (C=O) groups excluding carboxylic acids is 2. The minimum absolute atomic E-state index is 0.0580. The summed E-state index contributed by atoms with van der Waals surface area (Å²) < 4.78 is 19.0. The summed E-state index contributed by atoms with van der Waals surface area (Å²) in [4.78, 5) is 27.6. The Morgan fingerprint density at radius 1 is 0.880 bits per heavy atom. The van der Waals surface area contributed by atoms with Crippen LogP contribution in [0.4, 0.5) is 9.18 Å². The van der Waals surface area contributed by atoms with Crippen molar-refractivity contribution in [1.82, 2.24) is 9.80 Å². The van der Waals surface area contributed by atoms with E-state index in [1.807, 2.05) is 30.3 Å². The SMILES string of the molecule is O=C(OCc1ccccc1)N1CCN(C(=O)c2ccccc2F)CC1. The fourth-order valence-corrected chi connectivity index (χ4v) is 2.71. The fourth-order valence-electron chi connectivity index (χ4n) is 2.71. The molecule has 1 saturated heterocycles. The van der Waals surface area contributed by atoms with Gasteiger partial charge in [-0.15, -0.1) is 0 Å². The summed E-state index contributed by atoms with van der Waals surface area (Å²) in [6, 6.07) is 15.4. The fraction of sp³-hybridized carbons (Fsp3) is 0.263. The molecule has 1 fully saturated rings. The molecule has 1 aliphatic rings. The van der Waals surface area contributed by atoms with Crippen LogP contribution in [-0.4, -0.2) is 48.0 Å². The molecule has 0 aliphatic carbocycles. The molecule has 0 N–H and O–H groups in total. The normalized spacial score (nSPS) is 14.3. The predicted molar refractivity (Wildman–Crippen MR) is 90.5 cm³/mol. The molecule has 1 aliphatic heterocycles. The van der Waals surface area contributed by atoms with Gasteiger partial charge in [-0.2, -0.15) is 0 Å². The van der Waals surface area contributed by atoms with Gasteiger partial charge in [0.05, 0.1) is 5.56 Å². The van der Waals surface area contributed by atoms with E-state index in [2.05, 4.69) is 0 Å². The summed E-state index contributed by atoms with van der Waals surface area (Å²) in [6.45, 7) is 1.66. The van der Waals surface area contributed by atoms with Gasteiger partial charge < -0.3 is 14.5 Å². The zero-order valence-corrected chi connectivity index (χ0v) is 13.7. The number of benzene rings is 2. The first-order valence-electron chi connectivity index (χ1n) is 8.14. The largest absolute Gasteiger partial charge is 0.445 e. The first-order valence-corrected chi connectivity index (χ1v) is 8.14. The van der Waals surface area contributed by atoms with Gasteiger partial charge in [0.25, 0.3) is 5.91 Å². The third-order valence-electron chi connectivity index (χ3n) is 4.13. The van der Waals surface area contributed by atoms with Gasteiger partial charge >= 0.3 is 6.09 Å². The maximum atomic E-state index is 13.7. The number of amides is 2. The summed E-state index contributed by atoms with van der Waals surface area (Å²) >= 11 is 0. The van der Waals surface area contributed by atoms with Crippen LogP contribution in [0, 0.1) is 5.82 Å². The molecule has 6 heteroatoms. The molecule has 0 spiro atoms. The molecule has 2 amide bonds. The molecule has 2 aromatic carbocycles. The lowest BCUT2D eigenvalue weighted by molar-refractivity contribution is 0.0540. The summed E-state index contributed by atoms with van der Waals surface area (Å²) in [5.41, 5.74) is 0.979. The Morgan fingerprint density at radius 3 is 2.16 bits per heavy atom. The highest BCUT2D eigenvalue weighted by molar-refractivity contribution is 5.94. The van der Waals surface area contributed by atoms with Gasteiger partial charge in [-0.3, -0.25) is 4.79 Å². The number of piperazine rings is 1. The molecule has 25 heavy (non-hydrogen) atoms. The summed E-state index contributed by atoms with van der Waals surface area (Å²) in [5, 5.41) is 0. The van der Waals surface area contributed by atoms with Crippen molar-refractivity contribution in [3.8, 4) is 0 Å². The van der Waals surface area contributed by atoms with E-state index < -0.39 is 11.9 Å². The highest BCUT2D eigenvalue weighted by Crippen LogP contribution is 2.13. The number of hydrogen-bond acceptors (Lipinski definition) is 3. The van der Waals surface area contributed by atoms with E-state index >= 15 is 0 Å². The number of hydrogen-bond donors (Lipinski definition) is 0. The zero-order chi connectivity index (χ0) is 17.6. The van der Waals surface area contributed by atoms with Crippen LogP contribution in [0.1, 0.15) is 15.9 Å². The minimum Gasteiger partial charge on any atom is -0.445 e. The predicted octanol–water partition coefficient (Wildman–Crippen LogP) is 2.92. The van der Waals surface area contributed by atoms with Crippen molar-refractivity contribution in [3.63, 3.8) is 0 Å². The van der Waals surface area contributed by atoms with Crippen LogP contribution >= 0.6 is 0 Å². The molecule has 0 radical (unpaired) electrons. The van der Waals surface area contributed by atoms with Gasteiger partial charge in [-0.05, 0) is 17.7 Å². The van der Waals surface area contributed by atoms with Crippen molar-refractivity contribution >= 4 is 12.0 Å². The number of rotatable bonds is 3. The third-order valence-corrected chi connectivity index (χ3v) is 4.13. The van der Waals surface area contributed by atoms with Gasteiger partial charge in [0, 0.05) is 26.2 Å². The molecule has 2 aromatic rings. The Hall–Kier alpha value is -2.89. The molecule has 0 unspecified atom stereocenters. The van der Waals surface area contributed by atoms with Crippen molar-refractivity contribution in [2.24, 2.45) is 0 Å². The van der Waals surface area contributed by atoms with E-state index in [4.69, 9.17) is 4.74 Å². The van der Waals surface area contributed by atoms with Crippen molar-refractivity contribution in [3.05, 3.63) is 71.5 Å². The molecular formula is C19H19FN2O3. The lowest BCUT2D eigenvalue weighted by Gasteiger charge is -2.34. The van der Waals surface area contributed by atoms with Crippen LogP contribution in [0.15, 0.2) is 54.6 Å². The summed E-state index contributed by atoms with van der Waals surface area (Å²) in [6.07, 6.45) is -0.401. The molecule has 130 valence electrons. The summed E-state index contributed by atoms with van der Waals surface area (Å²) in [5.74, 6) is -0.882. The number of ether oxygens (including phenoxy) is 1. The summed E-state index contributed by atoms with van der Waals surface area (Å²) in [7, 11) is 0. The van der Waals surface area contributed by atoms with Crippen LogP contribution in [0.5, 0.6) is 0 Å². The Morgan fingerprint density at radius 2 is 1.48 bits per heavy atom. The lowest BCUT2D eigenvalue weighted by Crippen LogP contribution is -2.50. The molecular weight excluding hydrogens is 323 g/mol. The quantitative estimate of drug-likeness (QED) is 0.862. The van der Waals surface area contributed by atoms with Crippen LogP contribution < -0.4 is 0 Å². The maximum absolute atomic E-state index is 13.7. The highest BCUT2D eigenvalue weighted by Gasteiger charge is 2.26. The van der Waals surface area contributed by atoms with E-state index in [0.717, 1.165) is 5.56 Å². The van der Waals surface area contributed by atoms with Crippen LogP contribution in [0.2, 0.25) is 0 Å². The molecule has 0 aromatic heterocycles. The van der Waals surface area contributed by atoms with Gasteiger partial charge in [0.15, 0.2) is 0 Å². The molecule has 5 nitrogen and oxygen atoms in total. The van der Waals surface area contributed by atoms with E-state index in [-0.39, 0.29) is 18.1 Å². The van der Waals surface area contributed by atoms with E-state index in [9.17, 15) is 14.0 Å². The number of carbonyl (C=O) groups is 2. The van der Waals surface area contributed by atoms with Crippen molar-refractivity contribution in [2.45, 2.75) is 6.61 Å². The average molecular weight is 342 g/mol. The topological polar surface area (TPSA) is 49.9 Å². The van der Waals surface area contributed by atoms with Gasteiger partial charge in [-0.25, -0.2) is 9.18 Å². The average Bonchev–Trinajstić information content (AvgIpc) is 2.67. The second-order valence-corrected chi connectivity index (χ2v) is 5.80. The highest BCUT2D eigenvalue weighted by atomic mass is 19.1. The van der Waals surface area contributed by atoms with Gasteiger partial charge in [0.2, 0.25) is 0 Å². The Labute approximate surface area is 145 Å². The smallest absolute Gasteiger partial charge is 0.410 e. The maximum Gasteiger partial charge on any atom is 0.410 e. The van der Waals surface area contributed by atoms with E-state index in [1.54, 1.807) is 21.9 Å². The second-order valence-electron chi connectivity index (χ2n) is 5.80. The second kappa shape index (κ2) is 7.79. The molecule has 1 heterocycles. The Kier molecular flexibility index (Phi) is 5.28. The number of halogens is 1. The number of nitrogens with zero attached hydrogens (tertiary/aromatic N) is 2. The first-order chi connectivity index (χ1) is 12.1. The van der Waals surface area contributed by atoms with Crippen LogP contribution in [0.25, 0.3) is 0 Å². The molecule has 0 saturated carbocycles. The molecule has 0 atom stereocenters. The Balaban J connectivity index is 1.50. The van der Waals surface area contributed by atoms with Crippen molar-refractivity contribution < 1.29 is 18.7 Å².